The summed E-state index contributed by atoms with van der Waals surface area (Å²) in [5.74, 6) is 0.179. The molecule has 2 aromatic heterocycles. The Balaban J connectivity index is 1.52. The van der Waals surface area contributed by atoms with E-state index in [1.807, 2.05) is 18.3 Å². The summed E-state index contributed by atoms with van der Waals surface area (Å²) in [6, 6.07) is 8.49. The van der Waals surface area contributed by atoms with E-state index in [2.05, 4.69) is 33.8 Å². The SMILES string of the molecule is Cc1ccc(C(=O)N2CCC[C@H]2c2ccnc(CN3CCCC3)c2)s1. The van der Waals surface area contributed by atoms with Gasteiger partial charge in [-0.1, -0.05) is 0 Å². The fourth-order valence-electron chi connectivity index (χ4n) is 4.01. The molecule has 0 aliphatic carbocycles. The predicted molar refractivity (Wildman–Crippen MR) is 101 cm³/mol. The molecule has 0 bridgehead atoms. The molecule has 5 heteroatoms. The third-order valence-electron chi connectivity index (χ3n) is 5.27. The minimum atomic E-state index is 0.179. The zero-order chi connectivity index (χ0) is 17.2. The van der Waals surface area contributed by atoms with Crippen LogP contribution in [0.5, 0.6) is 0 Å². The number of aryl methyl sites for hydroxylation is 1. The van der Waals surface area contributed by atoms with Crippen molar-refractivity contribution in [2.24, 2.45) is 0 Å². The van der Waals surface area contributed by atoms with Gasteiger partial charge in [0.15, 0.2) is 0 Å². The van der Waals surface area contributed by atoms with E-state index in [-0.39, 0.29) is 11.9 Å². The lowest BCUT2D eigenvalue weighted by molar-refractivity contribution is 0.0740. The highest BCUT2D eigenvalue weighted by Gasteiger charge is 2.31. The summed E-state index contributed by atoms with van der Waals surface area (Å²) in [6.07, 6.45) is 6.63. The van der Waals surface area contributed by atoms with Crippen molar-refractivity contribution in [3.8, 4) is 0 Å². The van der Waals surface area contributed by atoms with Gasteiger partial charge in [-0.2, -0.15) is 0 Å². The molecule has 2 aliphatic heterocycles. The van der Waals surface area contributed by atoms with E-state index in [0.717, 1.165) is 36.5 Å². The number of carbonyl (C=O) groups is 1. The highest BCUT2D eigenvalue weighted by atomic mass is 32.1. The van der Waals surface area contributed by atoms with Crippen molar-refractivity contribution in [1.82, 2.24) is 14.8 Å². The van der Waals surface area contributed by atoms with Gasteiger partial charge >= 0.3 is 0 Å². The molecule has 4 rings (SSSR count). The molecule has 0 unspecified atom stereocenters. The van der Waals surface area contributed by atoms with Crippen LogP contribution in [0.3, 0.4) is 0 Å². The van der Waals surface area contributed by atoms with Crippen LogP contribution in [0.4, 0.5) is 0 Å². The molecule has 2 aromatic rings. The molecule has 1 atom stereocenters. The number of hydrogen-bond donors (Lipinski definition) is 0. The van der Waals surface area contributed by atoms with Crippen molar-refractivity contribution in [2.75, 3.05) is 19.6 Å². The fourth-order valence-corrected chi connectivity index (χ4v) is 4.83. The standard InChI is InChI=1S/C20H25N3OS/c1-15-6-7-19(25-15)20(24)23-12-4-5-18(23)16-8-9-21-17(13-16)14-22-10-2-3-11-22/h6-9,13,18H,2-5,10-12,14H2,1H3/t18-/m0/s1. The molecular formula is C20H25N3OS. The molecule has 4 heterocycles. The number of aromatic nitrogens is 1. The van der Waals surface area contributed by atoms with Gasteiger partial charge in [0.1, 0.15) is 0 Å². The first-order valence-corrected chi connectivity index (χ1v) is 10.1. The monoisotopic (exact) mass is 355 g/mol. The van der Waals surface area contributed by atoms with E-state index in [1.54, 1.807) is 11.3 Å². The molecule has 132 valence electrons. The fraction of sp³-hybridized carbons (Fsp3) is 0.500. The number of carbonyl (C=O) groups excluding carboxylic acids is 1. The van der Waals surface area contributed by atoms with Gasteiger partial charge in [0.25, 0.3) is 5.91 Å². The highest BCUT2D eigenvalue weighted by Crippen LogP contribution is 2.34. The van der Waals surface area contributed by atoms with E-state index < -0.39 is 0 Å². The normalized spacial score (nSPS) is 21.2. The third kappa shape index (κ3) is 3.62. The second-order valence-electron chi connectivity index (χ2n) is 7.13. The Labute approximate surface area is 153 Å². The van der Waals surface area contributed by atoms with Crippen molar-refractivity contribution in [1.29, 1.82) is 0 Å². The summed E-state index contributed by atoms with van der Waals surface area (Å²) in [5, 5.41) is 0. The van der Waals surface area contributed by atoms with Crippen molar-refractivity contribution in [2.45, 2.75) is 45.2 Å². The maximum Gasteiger partial charge on any atom is 0.264 e. The average molecular weight is 356 g/mol. The summed E-state index contributed by atoms with van der Waals surface area (Å²) in [7, 11) is 0. The number of rotatable bonds is 4. The summed E-state index contributed by atoms with van der Waals surface area (Å²) in [5.41, 5.74) is 2.37. The van der Waals surface area contributed by atoms with Gasteiger partial charge in [-0.05, 0) is 75.5 Å². The Kier molecular flexibility index (Phi) is 4.86. The van der Waals surface area contributed by atoms with Crippen LogP contribution in [-0.2, 0) is 6.54 Å². The van der Waals surface area contributed by atoms with E-state index in [9.17, 15) is 4.79 Å². The topological polar surface area (TPSA) is 36.4 Å². The average Bonchev–Trinajstić information content (AvgIpc) is 3.36. The second kappa shape index (κ2) is 7.26. The van der Waals surface area contributed by atoms with Gasteiger partial charge in [0, 0.05) is 24.2 Å². The lowest BCUT2D eigenvalue weighted by Crippen LogP contribution is -2.30. The Morgan fingerprint density at radius 3 is 2.80 bits per heavy atom. The predicted octanol–water partition coefficient (Wildman–Crippen LogP) is 4.02. The molecule has 2 aliphatic rings. The van der Waals surface area contributed by atoms with Crippen molar-refractivity contribution in [3.63, 3.8) is 0 Å². The van der Waals surface area contributed by atoms with Gasteiger partial charge in [-0.3, -0.25) is 14.7 Å². The first kappa shape index (κ1) is 16.7. The minimum absolute atomic E-state index is 0.179. The van der Waals surface area contributed by atoms with Crippen LogP contribution in [0.1, 0.15) is 57.5 Å². The molecule has 2 saturated heterocycles. The molecule has 25 heavy (non-hydrogen) atoms. The number of pyridine rings is 1. The molecule has 0 radical (unpaired) electrons. The second-order valence-corrected chi connectivity index (χ2v) is 8.42. The van der Waals surface area contributed by atoms with Crippen LogP contribution in [-0.4, -0.2) is 40.3 Å². The number of thiophene rings is 1. The lowest BCUT2D eigenvalue weighted by atomic mass is 10.0. The largest absolute Gasteiger partial charge is 0.331 e. The zero-order valence-corrected chi connectivity index (χ0v) is 15.6. The Morgan fingerprint density at radius 1 is 1.20 bits per heavy atom. The minimum Gasteiger partial charge on any atom is -0.331 e. The Morgan fingerprint density at radius 2 is 2.04 bits per heavy atom. The zero-order valence-electron chi connectivity index (χ0n) is 14.8. The smallest absolute Gasteiger partial charge is 0.264 e. The van der Waals surface area contributed by atoms with Crippen LogP contribution in [0, 0.1) is 6.92 Å². The maximum absolute atomic E-state index is 12.9. The first-order chi connectivity index (χ1) is 12.2. The van der Waals surface area contributed by atoms with Gasteiger partial charge in [-0.25, -0.2) is 0 Å². The lowest BCUT2D eigenvalue weighted by Gasteiger charge is -2.25. The quantitative estimate of drug-likeness (QED) is 0.831. The Hall–Kier alpha value is -1.72. The van der Waals surface area contributed by atoms with E-state index >= 15 is 0 Å². The van der Waals surface area contributed by atoms with Crippen LogP contribution in [0.15, 0.2) is 30.5 Å². The van der Waals surface area contributed by atoms with Crippen LogP contribution in [0.25, 0.3) is 0 Å². The first-order valence-electron chi connectivity index (χ1n) is 9.25. The summed E-state index contributed by atoms with van der Waals surface area (Å²) < 4.78 is 0. The Bertz CT molecular complexity index is 751. The summed E-state index contributed by atoms with van der Waals surface area (Å²) in [4.78, 5) is 24.1. The van der Waals surface area contributed by atoms with Crippen LogP contribution >= 0.6 is 11.3 Å². The molecule has 0 N–H and O–H groups in total. The van der Waals surface area contributed by atoms with E-state index in [4.69, 9.17) is 0 Å². The maximum atomic E-state index is 12.9. The van der Waals surface area contributed by atoms with Gasteiger partial charge in [0.2, 0.25) is 0 Å². The van der Waals surface area contributed by atoms with Gasteiger partial charge < -0.3 is 4.90 Å². The summed E-state index contributed by atoms with van der Waals surface area (Å²) in [6.45, 7) is 6.19. The summed E-state index contributed by atoms with van der Waals surface area (Å²) >= 11 is 1.59. The molecule has 4 nitrogen and oxygen atoms in total. The van der Waals surface area contributed by atoms with Crippen molar-refractivity contribution >= 4 is 17.2 Å². The number of hydrogen-bond acceptors (Lipinski definition) is 4. The molecule has 1 amide bonds. The number of likely N-dealkylation sites (tertiary alicyclic amines) is 2. The molecule has 0 saturated carbocycles. The van der Waals surface area contributed by atoms with Crippen LogP contribution in [0.2, 0.25) is 0 Å². The molecule has 0 spiro atoms. The molecule has 2 fully saturated rings. The van der Waals surface area contributed by atoms with E-state index in [0.29, 0.717) is 0 Å². The highest BCUT2D eigenvalue weighted by molar-refractivity contribution is 7.13. The molecule has 0 aromatic carbocycles. The van der Waals surface area contributed by atoms with Gasteiger partial charge in [-0.15, -0.1) is 11.3 Å². The van der Waals surface area contributed by atoms with Crippen LogP contribution < -0.4 is 0 Å². The molecular weight excluding hydrogens is 330 g/mol. The number of nitrogens with zero attached hydrogens (tertiary/aromatic N) is 3. The number of amides is 1. The third-order valence-corrected chi connectivity index (χ3v) is 6.26. The van der Waals surface area contributed by atoms with Crippen molar-refractivity contribution in [3.05, 3.63) is 51.5 Å². The van der Waals surface area contributed by atoms with E-state index in [1.165, 1.54) is 36.4 Å². The van der Waals surface area contributed by atoms with Gasteiger partial charge in [0.05, 0.1) is 16.6 Å². The van der Waals surface area contributed by atoms with Crippen molar-refractivity contribution < 1.29 is 4.79 Å².